The first-order valence-corrected chi connectivity index (χ1v) is 6.87. The van der Waals surface area contributed by atoms with Gasteiger partial charge in [0.25, 0.3) is 0 Å². The minimum atomic E-state index is -0.891. The molecule has 3 rings (SSSR count). The fourth-order valence-electron chi connectivity index (χ4n) is 3.61. The minimum Gasteiger partial charge on any atom is -0.453 e. The summed E-state index contributed by atoms with van der Waals surface area (Å²) in [5.74, 6) is -0.522. The minimum absolute atomic E-state index is 0.124. The first kappa shape index (κ1) is 13.6. The highest BCUT2D eigenvalue weighted by Gasteiger charge is 2.63. The van der Waals surface area contributed by atoms with Gasteiger partial charge in [-0.1, -0.05) is 26.0 Å². The van der Waals surface area contributed by atoms with Gasteiger partial charge < -0.3 is 14.2 Å². The van der Waals surface area contributed by atoms with E-state index in [9.17, 15) is 9.59 Å². The summed E-state index contributed by atoms with van der Waals surface area (Å²) in [5.41, 5.74) is -0.891. The van der Waals surface area contributed by atoms with Crippen LogP contribution in [-0.4, -0.2) is 55.0 Å². The van der Waals surface area contributed by atoms with Crippen LogP contribution in [0.15, 0.2) is 12.2 Å². The maximum atomic E-state index is 12.5. The molecule has 0 saturated carbocycles. The molecule has 2 saturated heterocycles. The molecular weight excluding hydrogens is 262 g/mol. The third kappa shape index (κ3) is 1.52. The lowest BCUT2D eigenvalue weighted by atomic mass is 9.73. The number of methoxy groups -OCH3 is 1. The SMILES string of the molecule is COC(=O)N1[C@@H]2C=C[C@@]1(C1OCCO1)[C@@H](C)C(=O)[C@H]2C. The number of hydrogen-bond acceptors (Lipinski definition) is 5. The number of rotatable bonds is 1. The molecule has 0 aliphatic carbocycles. The molecule has 0 aromatic heterocycles. The van der Waals surface area contributed by atoms with Crippen LogP contribution in [-0.2, 0) is 19.0 Å². The van der Waals surface area contributed by atoms with Crippen molar-refractivity contribution in [2.24, 2.45) is 11.8 Å². The number of hydrogen-bond donors (Lipinski definition) is 0. The van der Waals surface area contributed by atoms with E-state index in [4.69, 9.17) is 14.2 Å². The van der Waals surface area contributed by atoms with Crippen LogP contribution in [0.1, 0.15) is 13.8 Å². The fourth-order valence-corrected chi connectivity index (χ4v) is 3.61. The van der Waals surface area contributed by atoms with Crippen LogP contribution in [0.25, 0.3) is 0 Å². The highest BCUT2D eigenvalue weighted by molar-refractivity contribution is 5.90. The van der Waals surface area contributed by atoms with Crippen molar-refractivity contribution >= 4 is 11.9 Å². The van der Waals surface area contributed by atoms with Crippen LogP contribution in [0.4, 0.5) is 4.79 Å². The maximum absolute atomic E-state index is 12.5. The average molecular weight is 281 g/mol. The van der Waals surface area contributed by atoms with Crippen LogP contribution in [0.5, 0.6) is 0 Å². The van der Waals surface area contributed by atoms with Crippen molar-refractivity contribution in [2.45, 2.75) is 31.7 Å². The number of fused-ring (bicyclic) bond motifs is 2. The number of Topliss-reactive ketones (excluding diaryl/α,β-unsaturated/α-hetero) is 1. The Balaban J connectivity index is 2.08. The molecule has 3 aliphatic rings. The Bertz CT molecular complexity index is 470. The molecule has 0 N–H and O–H groups in total. The molecule has 0 unspecified atom stereocenters. The third-order valence-electron chi connectivity index (χ3n) is 4.73. The number of ether oxygens (including phenoxy) is 3. The van der Waals surface area contributed by atoms with Gasteiger partial charge >= 0.3 is 6.09 Å². The Kier molecular flexibility index (Phi) is 3.10. The zero-order valence-electron chi connectivity index (χ0n) is 11.9. The Morgan fingerprint density at radius 1 is 1.40 bits per heavy atom. The monoisotopic (exact) mass is 281 g/mol. The maximum Gasteiger partial charge on any atom is 0.410 e. The van der Waals surface area contributed by atoms with Crippen LogP contribution in [0.2, 0.25) is 0 Å². The van der Waals surface area contributed by atoms with Crippen molar-refractivity contribution in [1.29, 1.82) is 0 Å². The Hall–Kier alpha value is -1.40. The molecule has 0 spiro atoms. The summed E-state index contributed by atoms with van der Waals surface area (Å²) in [6.07, 6.45) is 2.71. The number of carbonyl (C=O) groups excluding carboxylic acids is 2. The lowest BCUT2D eigenvalue weighted by Crippen LogP contribution is -2.68. The summed E-state index contributed by atoms with van der Waals surface area (Å²) in [4.78, 5) is 26.3. The quantitative estimate of drug-likeness (QED) is 0.670. The van der Waals surface area contributed by atoms with E-state index in [-0.39, 0.29) is 17.7 Å². The summed E-state index contributed by atoms with van der Waals surface area (Å²) in [5, 5.41) is 0. The summed E-state index contributed by atoms with van der Waals surface area (Å²) in [7, 11) is 1.34. The topological polar surface area (TPSA) is 65.1 Å². The van der Waals surface area contributed by atoms with Gasteiger partial charge in [0.1, 0.15) is 11.3 Å². The highest BCUT2D eigenvalue weighted by atomic mass is 16.7. The number of piperidine rings is 1. The zero-order chi connectivity index (χ0) is 14.5. The normalized spacial score (nSPS) is 40.5. The standard InChI is InChI=1S/C14H19NO5/c1-8-10-4-5-14(9(2)11(8)16,12-19-6-7-20-12)15(10)13(17)18-3/h4-5,8-10,12H,6-7H2,1-3H3/t8-,9-,10+,14-/m0/s1. The van der Waals surface area contributed by atoms with Gasteiger partial charge in [0.2, 0.25) is 0 Å². The predicted molar refractivity (Wildman–Crippen MR) is 68.9 cm³/mol. The molecule has 0 aromatic rings. The number of ketones is 1. The molecular formula is C14H19NO5. The van der Waals surface area contributed by atoms with E-state index in [0.29, 0.717) is 13.2 Å². The van der Waals surface area contributed by atoms with Crippen LogP contribution < -0.4 is 0 Å². The first-order chi connectivity index (χ1) is 9.54. The number of nitrogens with zero attached hydrogens (tertiary/aromatic N) is 1. The summed E-state index contributed by atoms with van der Waals surface area (Å²) in [6, 6.07) is -0.293. The van der Waals surface area contributed by atoms with Crippen LogP contribution in [0.3, 0.4) is 0 Å². The zero-order valence-corrected chi connectivity index (χ0v) is 11.9. The van der Waals surface area contributed by atoms with E-state index in [1.54, 1.807) is 4.90 Å². The molecule has 110 valence electrons. The molecule has 1 amide bonds. The van der Waals surface area contributed by atoms with Crippen molar-refractivity contribution in [1.82, 2.24) is 4.90 Å². The van der Waals surface area contributed by atoms with Crippen molar-refractivity contribution in [3.05, 3.63) is 12.2 Å². The summed E-state index contributed by atoms with van der Waals surface area (Å²) in [6.45, 7) is 4.61. The fraction of sp³-hybridized carbons (Fsp3) is 0.714. The van der Waals surface area contributed by atoms with Gasteiger partial charge in [-0.2, -0.15) is 0 Å². The molecule has 0 radical (unpaired) electrons. The number of carbonyl (C=O) groups is 2. The smallest absolute Gasteiger partial charge is 0.410 e. The summed E-state index contributed by atoms with van der Waals surface area (Å²) >= 11 is 0. The van der Waals surface area contributed by atoms with Gasteiger partial charge in [-0.05, 0) is 0 Å². The molecule has 6 nitrogen and oxygen atoms in total. The van der Waals surface area contributed by atoms with E-state index in [2.05, 4.69) is 0 Å². The number of amides is 1. The van der Waals surface area contributed by atoms with E-state index in [1.165, 1.54) is 7.11 Å². The third-order valence-corrected chi connectivity index (χ3v) is 4.73. The molecule has 0 aromatic carbocycles. The second-order valence-corrected chi connectivity index (χ2v) is 5.56. The second kappa shape index (κ2) is 4.56. The van der Waals surface area contributed by atoms with Gasteiger partial charge in [-0.3, -0.25) is 9.69 Å². The highest BCUT2D eigenvalue weighted by Crippen LogP contribution is 2.47. The first-order valence-electron chi connectivity index (χ1n) is 6.87. The lowest BCUT2D eigenvalue weighted by molar-refractivity contribution is -0.170. The van der Waals surface area contributed by atoms with E-state index < -0.39 is 23.8 Å². The van der Waals surface area contributed by atoms with Crippen molar-refractivity contribution in [3.63, 3.8) is 0 Å². The van der Waals surface area contributed by atoms with Gasteiger partial charge in [0, 0.05) is 11.8 Å². The largest absolute Gasteiger partial charge is 0.453 e. The van der Waals surface area contributed by atoms with Gasteiger partial charge in [0.15, 0.2) is 6.29 Å². The lowest BCUT2D eigenvalue weighted by Gasteiger charge is -2.50. The molecule has 6 heteroatoms. The Morgan fingerprint density at radius 3 is 2.65 bits per heavy atom. The van der Waals surface area contributed by atoms with E-state index in [1.807, 2.05) is 26.0 Å². The molecule has 3 aliphatic heterocycles. The van der Waals surface area contributed by atoms with E-state index in [0.717, 1.165) is 0 Å². The van der Waals surface area contributed by atoms with Crippen molar-refractivity contribution in [3.8, 4) is 0 Å². The molecule has 4 atom stereocenters. The molecule has 20 heavy (non-hydrogen) atoms. The predicted octanol–water partition coefficient (Wildman–Crippen LogP) is 0.960. The van der Waals surface area contributed by atoms with Gasteiger partial charge in [-0.15, -0.1) is 0 Å². The molecule has 2 bridgehead atoms. The average Bonchev–Trinajstić information content (AvgIpc) is 3.09. The Labute approximate surface area is 117 Å². The van der Waals surface area contributed by atoms with Crippen LogP contribution in [0, 0.1) is 11.8 Å². The second-order valence-electron chi connectivity index (χ2n) is 5.56. The van der Waals surface area contributed by atoms with Gasteiger partial charge in [-0.25, -0.2) is 4.79 Å². The van der Waals surface area contributed by atoms with E-state index >= 15 is 0 Å². The molecule has 3 heterocycles. The Morgan fingerprint density at radius 2 is 2.05 bits per heavy atom. The van der Waals surface area contributed by atoms with Gasteiger partial charge in [0.05, 0.1) is 26.4 Å². The summed E-state index contributed by atoms with van der Waals surface area (Å²) < 4.78 is 16.1. The molecule has 2 fully saturated rings. The van der Waals surface area contributed by atoms with Crippen molar-refractivity contribution in [2.75, 3.05) is 20.3 Å². The van der Waals surface area contributed by atoms with Crippen LogP contribution >= 0.6 is 0 Å². The van der Waals surface area contributed by atoms with Crippen molar-refractivity contribution < 1.29 is 23.8 Å².